The number of nitrogens with one attached hydrogen (secondary N) is 1. The van der Waals surface area contributed by atoms with Gasteiger partial charge in [-0.05, 0) is 36.4 Å². The second-order valence-corrected chi connectivity index (χ2v) is 8.50. The van der Waals surface area contributed by atoms with Gasteiger partial charge in [0, 0.05) is 42.8 Å². The number of nitrogens with zero attached hydrogens (tertiary/aromatic N) is 1. The van der Waals surface area contributed by atoms with E-state index in [-0.39, 0.29) is 30.2 Å². The number of rotatable bonds is 8. The van der Waals surface area contributed by atoms with E-state index >= 15 is 0 Å². The Kier molecular flexibility index (Phi) is 7.49. The Hall–Kier alpha value is -1.81. The first-order valence-corrected chi connectivity index (χ1v) is 10.3. The predicted octanol–water partition coefficient (Wildman–Crippen LogP) is 2.79. The molecule has 0 bridgehead atoms. The van der Waals surface area contributed by atoms with Crippen LogP contribution in [0.5, 0.6) is 0 Å². The van der Waals surface area contributed by atoms with Crippen molar-refractivity contribution in [2.75, 3.05) is 27.3 Å². The largest absolute Gasteiger partial charge is 0.383 e. The Labute approximate surface area is 166 Å². The molecule has 6 nitrogen and oxygen atoms in total. The fourth-order valence-electron chi connectivity index (χ4n) is 2.37. The highest BCUT2D eigenvalue weighted by atomic mass is 79.9. The van der Waals surface area contributed by atoms with Crippen LogP contribution in [-0.2, 0) is 21.3 Å². The first-order valence-electron chi connectivity index (χ1n) is 8.02. The molecule has 0 saturated carbocycles. The summed E-state index contributed by atoms with van der Waals surface area (Å²) in [5, 5.41) is 0. The Morgan fingerprint density at radius 3 is 2.70 bits per heavy atom. The van der Waals surface area contributed by atoms with E-state index in [4.69, 9.17) is 4.74 Å². The van der Waals surface area contributed by atoms with Crippen LogP contribution in [0.2, 0.25) is 0 Å². The van der Waals surface area contributed by atoms with E-state index in [0.29, 0.717) is 10.0 Å². The van der Waals surface area contributed by atoms with Gasteiger partial charge in [-0.3, -0.25) is 4.79 Å². The lowest BCUT2D eigenvalue weighted by atomic mass is 10.1. The van der Waals surface area contributed by atoms with Crippen LogP contribution in [0.15, 0.2) is 51.8 Å². The van der Waals surface area contributed by atoms with E-state index in [9.17, 15) is 17.6 Å². The molecule has 9 heteroatoms. The van der Waals surface area contributed by atoms with Crippen molar-refractivity contribution in [1.29, 1.82) is 0 Å². The zero-order chi connectivity index (χ0) is 20.0. The molecule has 2 aromatic rings. The molecule has 0 aliphatic carbocycles. The highest BCUT2D eigenvalue weighted by molar-refractivity contribution is 9.10. The molecule has 0 aliphatic rings. The zero-order valence-electron chi connectivity index (χ0n) is 14.9. The lowest BCUT2D eigenvalue weighted by Gasteiger charge is -2.18. The van der Waals surface area contributed by atoms with Gasteiger partial charge in [-0.2, -0.15) is 0 Å². The van der Waals surface area contributed by atoms with Crippen LogP contribution in [-0.4, -0.2) is 46.5 Å². The van der Waals surface area contributed by atoms with Gasteiger partial charge in [0.15, 0.2) is 0 Å². The molecule has 1 amide bonds. The monoisotopic (exact) mass is 458 g/mol. The maximum Gasteiger partial charge on any atom is 0.253 e. The van der Waals surface area contributed by atoms with Crippen LogP contribution in [0.25, 0.3) is 0 Å². The second-order valence-electron chi connectivity index (χ2n) is 5.82. The normalized spacial score (nSPS) is 11.4. The van der Waals surface area contributed by atoms with Gasteiger partial charge in [0.2, 0.25) is 10.0 Å². The average Bonchev–Trinajstić information content (AvgIpc) is 2.64. The summed E-state index contributed by atoms with van der Waals surface area (Å²) in [6.45, 7) is 0.408. The third kappa shape index (κ3) is 5.83. The molecular weight excluding hydrogens is 439 g/mol. The van der Waals surface area contributed by atoms with Crippen LogP contribution in [0.4, 0.5) is 4.39 Å². The maximum absolute atomic E-state index is 13.9. The predicted molar refractivity (Wildman–Crippen MR) is 103 cm³/mol. The van der Waals surface area contributed by atoms with Gasteiger partial charge in [-0.25, -0.2) is 17.5 Å². The molecule has 0 spiro atoms. The van der Waals surface area contributed by atoms with E-state index in [2.05, 4.69) is 20.7 Å². The molecule has 2 aromatic carbocycles. The summed E-state index contributed by atoms with van der Waals surface area (Å²) in [5.74, 6) is -0.833. The molecule has 0 fully saturated rings. The SMILES string of the molecule is COCCNS(=O)(=O)c1cccc(C(=O)N(C)Cc2cc(Br)ccc2F)c1. The Bertz CT molecular complexity index is 921. The molecule has 2 rings (SSSR count). The topological polar surface area (TPSA) is 75.7 Å². The summed E-state index contributed by atoms with van der Waals surface area (Å²) in [7, 11) is -0.754. The van der Waals surface area contributed by atoms with E-state index in [1.807, 2.05) is 0 Å². The number of benzene rings is 2. The van der Waals surface area contributed by atoms with Gasteiger partial charge in [0.25, 0.3) is 5.91 Å². The third-order valence-electron chi connectivity index (χ3n) is 3.75. The highest BCUT2D eigenvalue weighted by Gasteiger charge is 2.18. The van der Waals surface area contributed by atoms with Gasteiger partial charge in [-0.15, -0.1) is 0 Å². The Morgan fingerprint density at radius 2 is 2.00 bits per heavy atom. The fourth-order valence-corrected chi connectivity index (χ4v) is 3.84. The van der Waals surface area contributed by atoms with E-state index in [0.717, 1.165) is 0 Å². The first kappa shape index (κ1) is 21.5. The van der Waals surface area contributed by atoms with Crippen molar-refractivity contribution in [2.24, 2.45) is 0 Å². The van der Waals surface area contributed by atoms with Gasteiger partial charge in [-0.1, -0.05) is 22.0 Å². The molecular formula is C18H20BrFN2O4S. The van der Waals surface area contributed by atoms with Gasteiger partial charge >= 0.3 is 0 Å². The number of amides is 1. The molecule has 0 radical (unpaired) electrons. The summed E-state index contributed by atoms with van der Waals surface area (Å²) in [5.41, 5.74) is 0.549. The van der Waals surface area contributed by atoms with Crippen LogP contribution in [0.1, 0.15) is 15.9 Å². The molecule has 0 unspecified atom stereocenters. The zero-order valence-corrected chi connectivity index (χ0v) is 17.3. The van der Waals surface area contributed by atoms with Crippen LogP contribution in [0, 0.1) is 5.82 Å². The number of hydrogen-bond acceptors (Lipinski definition) is 4. The Balaban J connectivity index is 2.17. The number of carbonyl (C=O) groups excluding carboxylic acids is 1. The summed E-state index contributed by atoms with van der Waals surface area (Å²) in [6, 6.07) is 10.2. The molecule has 0 aromatic heterocycles. The molecule has 146 valence electrons. The molecule has 27 heavy (non-hydrogen) atoms. The number of halogens is 2. The smallest absolute Gasteiger partial charge is 0.253 e. The second kappa shape index (κ2) is 9.41. The minimum atomic E-state index is -3.75. The molecule has 0 heterocycles. The lowest BCUT2D eigenvalue weighted by molar-refractivity contribution is 0.0783. The number of hydrogen-bond donors (Lipinski definition) is 1. The van der Waals surface area contributed by atoms with Crippen LogP contribution < -0.4 is 4.72 Å². The minimum absolute atomic E-state index is 0.0218. The van der Waals surface area contributed by atoms with Crippen molar-refractivity contribution in [1.82, 2.24) is 9.62 Å². The third-order valence-corrected chi connectivity index (χ3v) is 5.70. The lowest BCUT2D eigenvalue weighted by Crippen LogP contribution is -2.29. The van der Waals surface area contributed by atoms with Gasteiger partial charge in [0.05, 0.1) is 11.5 Å². The van der Waals surface area contributed by atoms with Gasteiger partial charge < -0.3 is 9.64 Å². The van der Waals surface area contributed by atoms with Gasteiger partial charge in [0.1, 0.15) is 5.82 Å². The van der Waals surface area contributed by atoms with E-state index in [1.54, 1.807) is 12.1 Å². The van der Waals surface area contributed by atoms with Crippen LogP contribution >= 0.6 is 15.9 Å². The standard InChI is InChI=1S/C18H20BrFN2O4S/c1-22(12-14-10-15(19)6-7-17(14)20)18(23)13-4-3-5-16(11-13)27(24,25)21-8-9-26-2/h3-7,10-11,21H,8-9,12H2,1-2H3. The van der Waals surface area contributed by atoms with E-state index < -0.39 is 21.7 Å². The van der Waals surface area contributed by atoms with Crippen molar-refractivity contribution in [2.45, 2.75) is 11.4 Å². The van der Waals surface area contributed by atoms with Crippen molar-refractivity contribution < 1.29 is 22.3 Å². The minimum Gasteiger partial charge on any atom is -0.383 e. The van der Waals surface area contributed by atoms with Crippen molar-refractivity contribution in [3.05, 3.63) is 63.9 Å². The fraction of sp³-hybridized carbons (Fsp3) is 0.278. The quantitative estimate of drug-likeness (QED) is 0.617. The number of sulfonamides is 1. The average molecular weight is 459 g/mol. The number of ether oxygens (including phenoxy) is 1. The summed E-state index contributed by atoms with van der Waals surface area (Å²) in [4.78, 5) is 13.9. The maximum atomic E-state index is 13.9. The highest BCUT2D eigenvalue weighted by Crippen LogP contribution is 2.18. The first-order chi connectivity index (χ1) is 12.7. The molecule has 0 saturated heterocycles. The number of carbonyl (C=O) groups is 1. The summed E-state index contributed by atoms with van der Waals surface area (Å²) >= 11 is 3.27. The summed E-state index contributed by atoms with van der Waals surface area (Å²) < 4.78 is 46.4. The summed E-state index contributed by atoms with van der Waals surface area (Å²) in [6.07, 6.45) is 0. The van der Waals surface area contributed by atoms with Crippen molar-refractivity contribution in [3.8, 4) is 0 Å². The van der Waals surface area contributed by atoms with Crippen LogP contribution in [0.3, 0.4) is 0 Å². The molecule has 1 N–H and O–H groups in total. The van der Waals surface area contributed by atoms with E-state index in [1.165, 1.54) is 49.4 Å². The number of methoxy groups -OCH3 is 1. The molecule has 0 aliphatic heterocycles. The van der Waals surface area contributed by atoms with Crippen molar-refractivity contribution in [3.63, 3.8) is 0 Å². The molecule has 0 atom stereocenters. The van der Waals surface area contributed by atoms with Crippen molar-refractivity contribution >= 4 is 31.9 Å². The Morgan fingerprint density at radius 1 is 1.26 bits per heavy atom.